The first-order chi connectivity index (χ1) is 12.2. The summed E-state index contributed by atoms with van der Waals surface area (Å²) in [5.41, 5.74) is 2.41. The van der Waals surface area contributed by atoms with Crippen LogP contribution in [0.2, 0.25) is 0 Å². The molecule has 0 N–H and O–H groups in total. The van der Waals surface area contributed by atoms with Gasteiger partial charge in [-0.15, -0.1) is 0 Å². The molecule has 0 radical (unpaired) electrons. The van der Waals surface area contributed by atoms with Crippen molar-refractivity contribution in [1.82, 2.24) is 19.9 Å². The molecule has 0 aliphatic carbocycles. The summed E-state index contributed by atoms with van der Waals surface area (Å²) in [5.74, 6) is 0.807. The molecule has 3 heterocycles. The highest BCUT2D eigenvalue weighted by Crippen LogP contribution is 2.25. The predicted molar refractivity (Wildman–Crippen MR) is 94.3 cm³/mol. The number of aryl methyl sites for hydroxylation is 1. The molecule has 0 saturated carbocycles. The summed E-state index contributed by atoms with van der Waals surface area (Å²) in [6.07, 6.45) is 3.82. The normalized spacial score (nSPS) is 14.7. The van der Waals surface area contributed by atoms with E-state index in [1.54, 1.807) is 13.1 Å². The Morgan fingerprint density at radius 2 is 1.76 bits per heavy atom. The van der Waals surface area contributed by atoms with E-state index in [-0.39, 0.29) is 5.56 Å². The monoisotopic (exact) mass is 337 g/mol. The zero-order valence-corrected chi connectivity index (χ0v) is 14.1. The number of hydrogen-bond donors (Lipinski definition) is 0. The van der Waals surface area contributed by atoms with Crippen LogP contribution in [-0.2, 0) is 7.05 Å². The Labute approximate surface area is 144 Å². The van der Waals surface area contributed by atoms with Gasteiger partial charge in [0.2, 0.25) is 5.82 Å². The topological polar surface area (TPSA) is 77.1 Å². The largest absolute Gasteiger partial charge is 0.372 e. The molecule has 0 spiro atoms. The van der Waals surface area contributed by atoms with Crippen molar-refractivity contribution < 1.29 is 4.52 Å². The lowest BCUT2D eigenvalue weighted by Gasteiger charge is -2.28. The van der Waals surface area contributed by atoms with Crippen molar-refractivity contribution in [2.45, 2.75) is 19.3 Å². The first kappa shape index (κ1) is 15.6. The number of benzene rings is 1. The number of hydrogen-bond acceptors (Lipinski definition) is 6. The van der Waals surface area contributed by atoms with E-state index in [1.165, 1.54) is 35.7 Å². The van der Waals surface area contributed by atoms with Gasteiger partial charge in [0.05, 0.1) is 0 Å². The smallest absolute Gasteiger partial charge is 0.278 e. The summed E-state index contributed by atoms with van der Waals surface area (Å²) in [7, 11) is 1.59. The molecule has 1 aromatic carbocycles. The highest BCUT2D eigenvalue weighted by molar-refractivity contribution is 5.61. The number of nitrogens with zero attached hydrogens (tertiary/aromatic N) is 5. The molecule has 128 valence electrons. The van der Waals surface area contributed by atoms with Gasteiger partial charge in [-0.2, -0.15) is 10.1 Å². The first-order valence-corrected chi connectivity index (χ1v) is 8.44. The molecule has 0 atom stereocenters. The zero-order valence-electron chi connectivity index (χ0n) is 14.1. The summed E-state index contributed by atoms with van der Waals surface area (Å²) < 4.78 is 6.54. The molecule has 1 aliphatic heterocycles. The fourth-order valence-corrected chi connectivity index (χ4v) is 3.03. The average Bonchev–Trinajstić information content (AvgIpc) is 3.15. The van der Waals surface area contributed by atoms with Crippen LogP contribution < -0.4 is 10.5 Å². The highest BCUT2D eigenvalue weighted by Gasteiger charge is 2.14. The van der Waals surface area contributed by atoms with E-state index >= 15 is 0 Å². The molecule has 0 amide bonds. The average molecular weight is 337 g/mol. The van der Waals surface area contributed by atoms with Gasteiger partial charge in [0, 0.05) is 37.5 Å². The van der Waals surface area contributed by atoms with E-state index in [4.69, 9.17) is 4.52 Å². The molecule has 4 rings (SSSR count). The lowest BCUT2D eigenvalue weighted by Crippen LogP contribution is -2.29. The number of rotatable bonds is 3. The second-order valence-electron chi connectivity index (χ2n) is 6.20. The van der Waals surface area contributed by atoms with Crippen LogP contribution in [0.4, 0.5) is 5.69 Å². The van der Waals surface area contributed by atoms with Crippen molar-refractivity contribution in [3.63, 3.8) is 0 Å². The summed E-state index contributed by atoms with van der Waals surface area (Å²) in [5, 5.41) is 8.16. The van der Waals surface area contributed by atoms with Crippen LogP contribution in [0.5, 0.6) is 0 Å². The van der Waals surface area contributed by atoms with Gasteiger partial charge in [-0.05, 0) is 49.6 Å². The Hall–Kier alpha value is -2.96. The number of aromatic nitrogens is 4. The lowest BCUT2D eigenvalue weighted by atomic mass is 10.1. The molecule has 2 aromatic heterocycles. The third-order valence-corrected chi connectivity index (χ3v) is 4.45. The molecule has 25 heavy (non-hydrogen) atoms. The Balaban J connectivity index is 1.57. The second kappa shape index (κ2) is 6.51. The third kappa shape index (κ3) is 3.17. The van der Waals surface area contributed by atoms with Crippen LogP contribution >= 0.6 is 0 Å². The van der Waals surface area contributed by atoms with Crippen molar-refractivity contribution in [2.75, 3.05) is 18.0 Å². The van der Waals surface area contributed by atoms with E-state index in [1.807, 2.05) is 12.1 Å². The Morgan fingerprint density at radius 3 is 2.48 bits per heavy atom. The first-order valence-electron chi connectivity index (χ1n) is 8.44. The molecule has 1 aliphatic rings. The molecule has 3 aromatic rings. The quantitative estimate of drug-likeness (QED) is 0.731. The zero-order chi connectivity index (χ0) is 17.2. The van der Waals surface area contributed by atoms with E-state index < -0.39 is 0 Å². The summed E-state index contributed by atoms with van der Waals surface area (Å²) in [6, 6.07) is 11.2. The van der Waals surface area contributed by atoms with Crippen molar-refractivity contribution in [1.29, 1.82) is 0 Å². The van der Waals surface area contributed by atoms with E-state index in [0.717, 1.165) is 18.7 Å². The van der Waals surface area contributed by atoms with Gasteiger partial charge < -0.3 is 9.42 Å². The molecular formula is C18H19N5O2. The highest BCUT2D eigenvalue weighted by atomic mass is 16.5. The van der Waals surface area contributed by atoms with Crippen molar-refractivity contribution in [3.05, 3.63) is 46.8 Å². The van der Waals surface area contributed by atoms with Gasteiger partial charge >= 0.3 is 0 Å². The van der Waals surface area contributed by atoms with Gasteiger partial charge in [0.15, 0.2) is 0 Å². The molecule has 1 fully saturated rings. The predicted octanol–water partition coefficient (Wildman–Crippen LogP) is 2.49. The minimum absolute atomic E-state index is 0.184. The van der Waals surface area contributed by atoms with E-state index in [9.17, 15) is 4.79 Å². The minimum atomic E-state index is -0.184. The van der Waals surface area contributed by atoms with Crippen LogP contribution in [0.3, 0.4) is 0 Å². The maximum absolute atomic E-state index is 11.4. The van der Waals surface area contributed by atoms with Crippen LogP contribution in [0.25, 0.3) is 23.0 Å². The van der Waals surface area contributed by atoms with Gasteiger partial charge in [0.25, 0.3) is 11.4 Å². The SMILES string of the molecule is Cn1nc(-c2nc(-c3ccc(N4CCCCC4)cc3)no2)ccc1=O. The van der Waals surface area contributed by atoms with E-state index in [0.29, 0.717) is 17.4 Å². The van der Waals surface area contributed by atoms with Crippen LogP contribution in [-0.4, -0.2) is 33.0 Å². The van der Waals surface area contributed by atoms with E-state index in [2.05, 4.69) is 32.3 Å². The molecular weight excluding hydrogens is 318 g/mol. The van der Waals surface area contributed by atoms with Crippen LogP contribution in [0.1, 0.15) is 19.3 Å². The van der Waals surface area contributed by atoms with Crippen molar-refractivity contribution >= 4 is 5.69 Å². The molecule has 0 bridgehead atoms. The van der Waals surface area contributed by atoms with Gasteiger partial charge in [0.1, 0.15) is 5.69 Å². The number of piperidine rings is 1. The van der Waals surface area contributed by atoms with Crippen molar-refractivity contribution in [3.8, 4) is 23.0 Å². The Bertz CT molecular complexity index is 923. The van der Waals surface area contributed by atoms with Crippen LogP contribution in [0, 0.1) is 0 Å². The summed E-state index contributed by atoms with van der Waals surface area (Å²) in [4.78, 5) is 18.2. The molecule has 0 unspecified atom stereocenters. The number of anilines is 1. The fraction of sp³-hybridized carbons (Fsp3) is 0.333. The Kier molecular flexibility index (Phi) is 4.05. The Morgan fingerprint density at radius 1 is 1.00 bits per heavy atom. The summed E-state index contributed by atoms with van der Waals surface area (Å²) >= 11 is 0. The standard InChI is InChI=1S/C18H19N5O2/c1-22-16(24)10-9-15(20-22)18-19-17(21-25-18)13-5-7-14(8-6-13)23-11-3-2-4-12-23/h5-10H,2-4,11-12H2,1H3. The van der Waals surface area contributed by atoms with Crippen molar-refractivity contribution in [2.24, 2.45) is 7.05 Å². The molecule has 7 nitrogen and oxygen atoms in total. The van der Waals surface area contributed by atoms with Crippen LogP contribution in [0.15, 0.2) is 45.7 Å². The maximum atomic E-state index is 11.4. The molecule has 7 heteroatoms. The summed E-state index contributed by atoms with van der Waals surface area (Å²) in [6.45, 7) is 2.23. The van der Waals surface area contributed by atoms with Gasteiger partial charge in [-0.3, -0.25) is 4.79 Å². The van der Waals surface area contributed by atoms with Gasteiger partial charge in [-0.1, -0.05) is 5.16 Å². The van der Waals surface area contributed by atoms with Gasteiger partial charge in [-0.25, -0.2) is 4.68 Å². The maximum Gasteiger partial charge on any atom is 0.278 e. The fourth-order valence-electron chi connectivity index (χ4n) is 3.03. The molecule has 1 saturated heterocycles. The minimum Gasteiger partial charge on any atom is -0.372 e. The third-order valence-electron chi connectivity index (χ3n) is 4.45. The lowest BCUT2D eigenvalue weighted by molar-refractivity contribution is 0.429. The second-order valence-corrected chi connectivity index (χ2v) is 6.20.